The maximum Gasteiger partial charge on any atom is 1.00 e. The maximum absolute atomic E-state index is 9.54. The SMILES string of the molecule is N=[C-]N=C(N)C1CCC(C2CCC(O)CC2)CC1.[Rb+].[Yb]. The molecule has 4 nitrogen and oxygen atoms in total. The molecule has 0 heterocycles. The summed E-state index contributed by atoms with van der Waals surface area (Å²) < 4.78 is 0. The summed E-state index contributed by atoms with van der Waals surface area (Å²) in [5.41, 5.74) is 5.84. The Morgan fingerprint density at radius 2 is 1.45 bits per heavy atom. The van der Waals surface area contributed by atoms with E-state index in [4.69, 9.17) is 11.1 Å². The number of nitrogens with zero attached hydrogens (tertiary/aromatic N) is 1. The van der Waals surface area contributed by atoms with Gasteiger partial charge in [-0.15, -0.1) is 0 Å². The van der Waals surface area contributed by atoms with Crippen molar-refractivity contribution in [2.45, 2.75) is 57.5 Å². The molecule has 2 aliphatic rings. The molecular weight excluding hydrogens is 485 g/mol. The second-order valence-electron chi connectivity index (χ2n) is 5.83. The molecule has 0 aromatic carbocycles. The summed E-state index contributed by atoms with van der Waals surface area (Å²) in [6.45, 7) is 0. The zero-order chi connectivity index (χ0) is 13.0. The smallest absolute Gasteiger partial charge is 0.463 e. The van der Waals surface area contributed by atoms with Gasteiger partial charge in [-0.1, -0.05) is 43.8 Å². The van der Waals surface area contributed by atoms with Crippen LogP contribution in [-0.4, -0.2) is 23.4 Å². The van der Waals surface area contributed by atoms with Crippen LogP contribution < -0.4 is 63.9 Å². The van der Waals surface area contributed by atoms with Crippen LogP contribution in [0.2, 0.25) is 0 Å². The molecular formula is C14H24N3ORbYb. The molecule has 4 N–H and O–H groups in total. The third-order valence-electron chi connectivity index (χ3n) is 4.78. The van der Waals surface area contributed by atoms with Crippen molar-refractivity contribution in [3.63, 3.8) is 0 Å². The van der Waals surface area contributed by atoms with Crippen LogP contribution in [0.1, 0.15) is 51.4 Å². The van der Waals surface area contributed by atoms with Crippen LogP contribution in [0.15, 0.2) is 4.99 Å². The predicted molar refractivity (Wildman–Crippen MR) is 72.8 cm³/mol. The number of aliphatic imine (C=N–C) groups is 1. The number of rotatable bonds is 3. The van der Waals surface area contributed by atoms with Crippen LogP contribution >= 0.6 is 0 Å². The van der Waals surface area contributed by atoms with Gasteiger partial charge in [-0.2, -0.15) is 0 Å². The Hall–Kier alpha value is 2.42. The fraction of sp³-hybridized carbons (Fsp3) is 0.857. The summed E-state index contributed by atoms with van der Waals surface area (Å²) >= 11 is 0. The van der Waals surface area contributed by atoms with Gasteiger partial charge < -0.3 is 21.2 Å². The Kier molecular flexibility index (Phi) is 13.3. The molecule has 6 heteroatoms. The molecule has 2 aliphatic carbocycles. The van der Waals surface area contributed by atoms with Crippen LogP contribution in [0.3, 0.4) is 0 Å². The summed E-state index contributed by atoms with van der Waals surface area (Å²) in [7, 11) is 0. The Morgan fingerprint density at radius 3 is 1.90 bits per heavy atom. The number of nitrogens with one attached hydrogen (secondary N) is 1. The van der Waals surface area contributed by atoms with Gasteiger partial charge in [0.2, 0.25) is 0 Å². The van der Waals surface area contributed by atoms with Gasteiger partial charge in [0, 0.05) is 46.9 Å². The quantitative estimate of drug-likeness (QED) is 0.265. The van der Waals surface area contributed by atoms with E-state index in [0.29, 0.717) is 11.8 Å². The number of aliphatic hydroxyl groups excluding tert-OH is 1. The van der Waals surface area contributed by atoms with E-state index in [-0.39, 0.29) is 111 Å². The van der Waals surface area contributed by atoms with E-state index in [1.165, 1.54) is 25.7 Å². The van der Waals surface area contributed by atoms with Crippen LogP contribution in [0.25, 0.3) is 0 Å². The molecule has 20 heavy (non-hydrogen) atoms. The van der Waals surface area contributed by atoms with E-state index in [0.717, 1.165) is 37.5 Å². The number of aliphatic hydroxyl groups is 1. The molecule has 116 valence electrons. The number of hydrogen-bond donors (Lipinski definition) is 3. The Labute approximate surface area is 209 Å². The van der Waals surface area contributed by atoms with Crippen molar-refractivity contribution in [3.05, 3.63) is 0 Å². The zero-order valence-electron chi connectivity index (χ0n) is 12.2. The van der Waals surface area contributed by atoms with Gasteiger partial charge >= 0.3 is 58.2 Å². The summed E-state index contributed by atoms with van der Waals surface area (Å²) in [5, 5.41) is 16.4. The van der Waals surface area contributed by atoms with E-state index in [1.807, 2.05) is 6.34 Å². The van der Waals surface area contributed by atoms with Crippen molar-refractivity contribution >= 4 is 12.2 Å². The number of hydrogen-bond acceptors (Lipinski definition) is 2. The van der Waals surface area contributed by atoms with Gasteiger partial charge in [-0.25, -0.2) is 0 Å². The van der Waals surface area contributed by atoms with E-state index in [2.05, 4.69) is 4.99 Å². The van der Waals surface area contributed by atoms with Crippen LogP contribution in [0.4, 0.5) is 0 Å². The molecule has 2 fully saturated rings. The van der Waals surface area contributed by atoms with Crippen molar-refractivity contribution in [3.8, 4) is 0 Å². The van der Waals surface area contributed by atoms with Gasteiger partial charge in [0.25, 0.3) is 0 Å². The molecule has 0 aromatic heterocycles. The Balaban J connectivity index is 0.00000180. The second kappa shape index (κ2) is 11.9. The standard InChI is InChI=1S/C14H24N3O.Rb.Yb/c15-9-17-14(16)12-3-1-10(2-4-12)11-5-7-13(18)8-6-11;;/h10-13,18H,1-8H2,(H3,15,16,17);;/q-1;+1;. The van der Waals surface area contributed by atoms with E-state index in [1.54, 1.807) is 0 Å². The first kappa shape index (κ1) is 22.4. The third-order valence-corrected chi connectivity index (χ3v) is 4.78. The fourth-order valence-corrected chi connectivity index (χ4v) is 3.62. The average Bonchev–Trinajstić information content (AvgIpc) is 2.40. The Morgan fingerprint density at radius 1 is 1.00 bits per heavy atom. The molecule has 0 unspecified atom stereocenters. The van der Waals surface area contributed by atoms with Gasteiger partial charge in [0.05, 0.1) is 6.10 Å². The van der Waals surface area contributed by atoms with Gasteiger partial charge in [-0.05, 0) is 37.5 Å². The molecule has 2 saturated carbocycles. The minimum absolute atomic E-state index is 0. The normalized spacial score (nSPS) is 34.5. The summed E-state index contributed by atoms with van der Waals surface area (Å²) in [6.07, 6.45) is 11.0. The average molecular weight is 509 g/mol. The monoisotopic (exact) mass is 509 g/mol. The van der Waals surface area contributed by atoms with E-state index >= 15 is 0 Å². The van der Waals surface area contributed by atoms with Gasteiger partial charge in [-0.3, -0.25) is 0 Å². The van der Waals surface area contributed by atoms with Gasteiger partial charge in [0.1, 0.15) is 0 Å². The molecule has 0 bridgehead atoms. The molecule has 0 saturated heterocycles. The second-order valence-corrected chi connectivity index (χ2v) is 5.83. The minimum Gasteiger partial charge on any atom is -0.463 e. The maximum atomic E-state index is 9.54. The largest absolute Gasteiger partial charge is 1.00 e. The Bertz CT molecular complexity index is 312. The first-order chi connectivity index (χ1) is 8.70. The minimum atomic E-state index is -0.0523. The van der Waals surface area contributed by atoms with Crippen molar-refractivity contribution in [1.29, 1.82) is 5.41 Å². The molecule has 0 amide bonds. The van der Waals surface area contributed by atoms with E-state index < -0.39 is 0 Å². The summed E-state index contributed by atoms with van der Waals surface area (Å²) in [5.74, 6) is 2.56. The van der Waals surface area contributed by atoms with Crippen molar-refractivity contribution in [2.24, 2.45) is 28.5 Å². The predicted octanol–water partition coefficient (Wildman–Crippen LogP) is -0.811. The zero-order valence-corrected chi connectivity index (χ0v) is 18.8. The number of nitrogens with two attached hydrogens (primary N) is 1. The number of amidine groups is 1. The molecule has 0 spiro atoms. The van der Waals surface area contributed by atoms with E-state index in [9.17, 15) is 5.11 Å². The first-order valence-electron chi connectivity index (χ1n) is 7.13. The molecule has 2 rings (SSSR count). The summed E-state index contributed by atoms with van der Waals surface area (Å²) in [4.78, 5) is 3.77. The van der Waals surface area contributed by atoms with Crippen molar-refractivity contribution < 1.29 is 110 Å². The van der Waals surface area contributed by atoms with Crippen LogP contribution in [0, 0.1) is 70.1 Å². The van der Waals surface area contributed by atoms with Crippen LogP contribution in [-0.2, 0) is 0 Å². The van der Waals surface area contributed by atoms with Crippen LogP contribution in [0.5, 0.6) is 0 Å². The van der Waals surface area contributed by atoms with Crippen molar-refractivity contribution in [2.75, 3.05) is 0 Å². The molecule has 0 radical (unpaired) electrons. The van der Waals surface area contributed by atoms with Gasteiger partial charge in [0.15, 0.2) is 0 Å². The first-order valence-corrected chi connectivity index (χ1v) is 7.13. The molecule has 0 aromatic rings. The third kappa shape index (κ3) is 6.90. The molecule has 0 aliphatic heterocycles. The molecule has 0 atom stereocenters. The van der Waals surface area contributed by atoms with Crippen molar-refractivity contribution in [1.82, 2.24) is 0 Å². The summed E-state index contributed by atoms with van der Waals surface area (Å²) in [6, 6.07) is 0. The fourth-order valence-electron chi connectivity index (χ4n) is 3.62. The topological polar surface area (TPSA) is 82.5 Å².